The molecule has 0 amide bonds. The second-order valence-corrected chi connectivity index (χ2v) is 6.84. The zero-order chi connectivity index (χ0) is 17.4. The molecule has 3 heteroatoms. The summed E-state index contributed by atoms with van der Waals surface area (Å²) < 4.78 is 0. The Labute approximate surface area is 141 Å². The lowest BCUT2D eigenvalue weighted by atomic mass is 9.81. The Bertz CT molecular complexity index is 553. The molecule has 0 saturated heterocycles. The van der Waals surface area contributed by atoms with Gasteiger partial charge in [-0.2, -0.15) is 0 Å². The van der Waals surface area contributed by atoms with Gasteiger partial charge in [0.1, 0.15) is 0 Å². The van der Waals surface area contributed by atoms with E-state index in [2.05, 4.69) is 53.7 Å². The van der Waals surface area contributed by atoms with Crippen LogP contribution in [0.25, 0.3) is 0 Å². The van der Waals surface area contributed by atoms with E-state index in [1.165, 1.54) is 29.2 Å². The van der Waals surface area contributed by atoms with Crippen LogP contribution in [0.5, 0.6) is 0 Å². The maximum atomic E-state index is 11.9. The van der Waals surface area contributed by atoms with E-state index < -0.39 is 0 Å². The van der Waals surface area contributed by atoms with Gasteiger partial charge < -0.3 is 4.84 Å². The van der Waals surface area contributed by atoms with Crippen LogP contribution in [0.15, 0.2) is 12.1 Å². The van der Waals surface area contributed by atoms with Crippen LogP contribution in [0.2, 0.25) is 0 Å². The predicted molar refractivity (Wildman–Crippen MR) is 94.0 cm³/mol. The van der Waals surface area contributed by atoms with Crippen LogP contribution in [-0.4, -0.2) is 11.0 Å². The highest BCUT2D eigenvalue weighted by molar-refractivity contribution is 5.66. The Morgan fingerprint density at radius 3 is 1.52 bits per heavy atom. The number of carbonyl (C=O) groups is 1. The van der Waals surface area contributed by atoms with E-state index in [9.17, 15) is 4.79 Å². The third kappa shape index (κ3) is 2.40. The summed E-state index contributed by atoms with van der Waals surface area (Å²) in [4.78, 5) is 17.7. The normalized spacial score (nSPS) is 18.7. The minimum absolute atomic E-state index is 0.231. The van der Waals surface area contributed by atoms with Gasteiger partial charge in [-0.05, 0) is 61.8 Å². The molecule has 0 spiro atoms. The molecule has 0 fully saturated rings. The minimum atomic E-state index is -0.233. The molecule has 0 N–H and O–H groups in total. The molecule has 1 heterocycles. The molecular weight excluding hydrogens is 286 g/mol. The summed E-state index contributed by atoms with van der Waals surface area (Å²) >= 11 is 0. The lowest BCUT2D eigenvalue weighted by molar-refractivity contribution is -0.264. The van der Waals surface area contributed by atoms with Crippen LogP contribution in [-0.2, 0) is 20.7 Å². The zero-order valence-electron chi connectivity index (χ0n) is 15.7. The molecule has 128 valence electrons. The maximum Gasteiger partial charge on any atom is 0.322 e. The van der Waals surface area contributed by atoms with Gasteiger partial charge in [0, 0.05) is 6.92 Å². The first kappa shape index (κ1) is 18.0. The topological polar surface area (TPSA) is 29.5 Å². The number of rotatable bonds is 5. The van der Waals surface area contributed by atoms with E-state index in [-0.39, 0.29) is 17.0 Å². The Morgan fingerprint density at radius 2 is 1.26 bits per heavy atom. The Morgan fingerprint density at radius 1 is 0.913 bits per heavy atom. The molecular formula is C20H31NO2. The van der Waals surface area contributed by atoms with Crippen LogP contribution in [0.4, 0.5) is 0 Å². The van der Waals surface area contributed by atoms with Gasteiger partial charge in [0.2, 0.25) is 0 Å². The number of benzene rings is 1. The predicted octanol–water partition coefficient (Wildman–Crippen LogP) is 5.13. The molecule has 0 saturated carbocycles. The molecule has 1 aromatic rings. The van der Waals surface area contributed by atoms with Crippen molar-refractivity contribution in [3.63, 3.8) is 0 Å². The van der Waals surface area contributed by atoms with Crippen LogP contribution < -0.4 is 0 Å². The van der Waals surface area contributed by atoms with Crippen LogP contribution in [0.3, 0.4) is 0 Å². The van der Waals surface area contributed by atoms with Gasteiger partial charge in [-0.3, -0.25) is 4.79 Å². The second kappa shape index (κ2) is 6.27. The highest BCUT2D eigenvalue weighted by Crippen LogP contribution is 2.56. The van der Waals surface area contributed by atoms with Crippen molar-refractivity contribution >= 4 is 5.97 Å². The van der Waals surface area contributed by atoms with Crippen molar-refractivity contribution in [2.75, 3.05) is 0 Å². The van der Waals surface area contributed by atoms with Crippen molar-refractivity contribution in [1.29, 1.82) is 0 Å². The highest BCUT2D eigenvalue weighted by Gasteiger charge is 2.57. The molecule has 1 aliphatic rings. The molecule has 0 unspecified atom stereocenters. The number of hydrogen-bond donors (Lipinski definition) is 0. The van der Waals surface area contributed by atoms with E-state index in [0.29, 0.717) is 0 Å². The summed E-state index contributed by atoms with van der Waals surface area (Å²) in [6, 6.07) is 4.64. The van der Waals surface area contributed by atoms with Gasteiger partial charge in [0.05, 0.1) is 11.1 Å². The fourth-order valence-electron chi connectivity index (χ4n) is 4.35. The fraction of sp³-hybridized carbons (Fsp3) is 0.650. The molecule has 0 atom stereocenters. The fourth-order valence-corrected chi connectivity index (χ4v) is 4.35. The summed E-state index contributed by atoms with van der Waals surface area (Å²) in [5.74, 6) is -0.233. The van der Waals surface area contributed by atoms with Gasteiger partial charge >= 0.3 is 5.97 Å². The van der Waals surface area contributed by atoms with E-state index in [4.69, 9.17) is 4.84 Å². The summed E-state index contributed by atoms with van der Waals surface area (Å²) in [5, 5.41) is 2.05. The lowest BCUT2D eigenvalue weighted by Gasteiger charge is -2.44. The minimum Gasteiger partial charge on any atom is -0.367 e. The first-order valence-corrected chi connectivity index (χ1v) is 8.94. The third-order valence-corrected chi connectivity index (χ3v) is 5.97. The lowest BCUT2D eigenvalue weighted by Crippen LogP contribution is -2.51. The zero-order valence-corrected chi connectivity index (χ0v) is 15.7. The van der Waals surface area contributed by atoms with E-state index in [1.54, 1.807) is 0 Å². The smallest absolute Gasteiger partial charge is 0.322 e. The van der Waals surface area contributed by atoms with Gasteiger partial charge in [0.15, 0.2) is 0 Å². The number of fused-ring (bicyclic) bond motifs is 1. The quantitative estimate of drug-likeness (QED) is 0.754. The molecule has 0 bridgehead atoms. The summed E-state index contributed by atoms with van der Waals surface area (Å²) in [6.07, 6.45) is 3.70. The van der Waals surface area contributed by atoms with Crippen LogP contribution in [0.1, 0.15) is 82.6 Å². The Hall–Kier alpha value is -1.35. The molecule has 3 nitrogen and oxygen atoms in total. The van der Waals surface area contributed by atoms with Gasteiger partial charge in [0.25, 0.3) is 0 Å². The van der Waals surface area contributed by atoms with Crippen molar-refractivity contribution in [3.05, 3.63) is 34.4 Å². The number of hydroxylamine groups is 2. The molecule has 1 aromatic carbocycles. The first-order chi connectivity index (χ1) is 10.8. The largest absolute Gasteiger partial charge is 0.367 e. The molecule has 1 aliphatic heterocycles. The van der Waals surface area contributed by atoms with Crippen molar-refractivity contribution < 1.29 is 9.63 Å². The van der Waals surface area contributed by atoms with Crippen molar-refractivity contribution in [1.82, 2.24) is 5.06 Å². The van der Waals surface area contributed by atoms with Crippen molar-refractivity contribution in [2.24, 2.45) is 0 Å². The SMILES string of the molecule is CCC1(CC)c2cc(C)c(C)cc2C(CC)(CC)N1OC(C)=O. The van der Waals surface area contributed by atoms with E-state index in [0.717, 1.165) is 25.7 Å². The standard InChI is InChI=1S/C20H31NO2/c1-8-19(9-2)17-12-14(5)15(6)13-18(17)20(10-3,11-4)21(19)23-16(7)22/h12-13H,8-11H2,1-7H3. The molecule has 0 aromatic heterocycles. The van der Waals surface area contributed by atoms with Gasteiger partial charge in [-0.25, -0.2) is 0 Å². The molecule has 23 heavy (non-hydrogen) atoms. The number of nitrogens with zero attached hydrogens (tertiary/aromatic N) is 1. The van der Waals surface area contributed by atoms with E-state index in [1.807, 2.05) is 5.06 Å². The Balaban J connectivity index is 2.82. The van der Waals surface area contributed by atoms with E-state index >= 15 is 0 Å². The first-order valence-electron chi connectivity index (χ1n) is 8.94. The molecule has 0 radical (unpaired) electrons. The Kier molecular flexibility index (Phi) is 4.91. The summed E-state index contributed by atoms with van der Waals surface area (Å²) in [5.41, 5.74) is 4.84. The number of carbonyl (C=O) groups excluding carboxylic acids is 1. The van der Waals surface area contributed by atoms with Crippen molar-refractivity contribution in [3.8, 4) is 0 Å². The van der Waals surface area contributed by atoms with Crippen LogP contribution in [0, 0.1) is 13.8 Å². The van der Waals surface area contributed by atoms with Crippen LogP contribution >= 0.6 is 0 Å². The highest BCUT2D eigenvalue weighted by atomic mass is 16.7. The number of hydrogen-bond acceptors (Lipinski definition) is 3. The molecule has 0 aliphatic carbocycles. The monoisotopic (exact) mass is 317 g/mol. The third-order valence-electron chi connectivity index (χ3n) is 5.97. The average molecular weight is 317 g/mol. The second-order valence-electron chi connectivity index (χ2n) is 6.84. The van der Waals surface area contributed by atoms with Crippen molar-refractivity contribution in [2.45, 2.75) is 85.2 Å². The summed E-state index contributed by atoms with van der Waals surface area (Å²) in [7, 11) is 0. The van der Waals surface area contributed by atoms with Gasteiger partial charge in [-0.15, -0.1) is 5.06 Å². The summed E-state index contributed by atoms with van der Waals surface area (Å²) in [6.45, 7) is 14.6. The number of aryl methyl sites for hydroxylation is 2. The average Bonchev–Trinajstić information content (AvgIpc) is 2.74. The molecule has 2 rings (SSSR count). The van der Waals surface area contributed by atoms with Gasteiger partial charge in [-0.1, -0.05) is 39.8 Å². The maximum absolute atomic E-state index is 11.9.